The number of benzene rings is 6. The van der Waals surface area contributed by atoms with Gasteiger partial charge in [-0.1, -0.05) is 98.8 Å². The minimum Gasteiger partial charge on any atom is -0.238 e. The lowest BCUT2D eigenvalue weighted by Gasteiger charge is -2.22. The van der Waals surface area contributed by atoms with E-state index in [1.807, 2.05) is 29.5 Å². The van der Waals surface area contributed by atoms with Crippen LogP contribution in [0, 0.1) is 17.9 Å². The number of fused-ring (bicyclic) bond motifs is 10. The average molecular weight is 591 g/mol. The number of nitriles is 1. The van der Waals surface area contributed by atoms with E-state index < -0.39 is 0 Å². The Balaban J connectivity index is 1.26. The fraction of sp³-hybridized carbons (Fsp3) is 0.0952. The van der Waals surface area contributed by atoms with Gasteiger partial charge in [-0.05, 0) is 91.5 Å². The van der Waals surface area contributed by atoms with Crippen molar-refractivity contribution in [1.29, 1.82) is 5.26 Å². The topological polar surface area (TPSA) is 28.1 Å². The van der Waals surface area contributed by atoms with Crippen LogP contribution < -0.4 is 0 Å². The lowest BCUT2D eigenvalue weighted by atomic mass is 9.82. The molecule has 6 aromatic carbocycles. The summed E-state index contributed by atoms with van der Waals surface area (Å²) in [4.78, 5) is 3.71. The minimum absolute atomic E-state index is 0.0308. The molecule has 0 aliphatic heterocycles. The van der Waals surface area contributed by atoms with E-state index >= 15 is 0 Å². The first-order chi connectivity index (χ1) is 22.0. The minimum atomic E-state index is -0.0637. The summed E-state index contributed by atoms with van der Waals surface area (Å²) in [5, 5.41) is 12.5. The van der Waals surface area contributed by atoms with Gasteiger partial charge in [0.05, 0.1) is 18.2 Å². The first-order valence-electron chi connectivity index (χ1n) is 15.2. The number of rotatable bonds is 2. The van der Waals surface area contributed by atoms with Crippen molar-refractivity contribution >= 4 is 37.2 Å². The molecule has 1 heterocycles. The van der Waals surface area contributed by atoms with Gasteiger partial charge in [-0.15, -0.1) is 11.3 Å². The van der Waals surface area contributed by atoms with Crippen LogP contribution in [0.1, 0.15) is 53.1 Å². The molecule has 1 unspecified atom stereocenters. The molecule has 0 saturated heterocycles. The Morgan fingerprint density at radius 2 is 1.47 bits per heavy atom. The van der Waals surface area contributed by atoms with Gasteiger partial charge in [0.2, 0.25) is 0 Å². The van der Waals surface area contributed by atoms with Gasteiger partial charge in [0.15, 0.2) is 5.69 Å². The second-order valence-electron chi connectivity index (χ2n) is 12.7. The van der Waals surface area contributed by atoms with Crippen LogP contribution in [0.3, 0.4) is 0 Å². The van der Waals surface area contributed by atoms with Crippen molar-refractivity contribution in [2.45, 2.75) is 25.2 Å². The quantitative estimate of drug-likeness (QED) is 0.184. The van der Waals surface area contributed by atoms with E-state index in [0.717, 1.165) is 27.8 Å². The number of thiophene rings is 1. The third kappa shape index (κ3) is 3.54. The van der Waals surface area contributed by atoms with Crippen LogP contribution in [0.5, 0.6) is 0 Å². The fourth-order valence-corrected chi connectivity index (χ4v) is 9.37. The molecule has 9 rings (SSSR count). The summed E-state index contributed by atoms with van der Waals surface area (Å²) in [6.45, 7) is 12.3. The first kappa shape index (κ1) is 26.0. The van der Waals surface area contributed by atoms with Gasteiger partial charge in [0.1, 0.15) is 0 Å². The Morgan fingerprint density at radius 3 is 2.31 bits per heavy atom. The van der Waals surface area contributed by atoms with Crippen molar-refractivity contribution in [3.05, 3.63) is 160 Å². The third-order valence-corrected chi connectivity index (χ3v) is 11.2. The summed E-state index contributed by atoms with van der Waals surface area (Å²) in [7, 11) is 0. The van der Waals surface area contributed by atoms with Crippen LogP contribution in [0.25, 0.3) is 58.4 Å². The van der Waals surface area contributed by atoms with E-state index in [-0.39, 0.29) is 11.3 Å². The van der Waals surface area contributed by atoms with E-state index in [2.05, 4.69) is 122 Å². The van der Waals surface area contributed by atoms with Gasteiger partial charge in [-0.3, -0.25) is 0 Å². The molecular formula is C42H26N2S. The molecule has 0 fully saturated rings. The number of hydrogen-bond acceptors (Lipinski definition) is 2. The maximum atomic E-state index is 9.96. The lowest BCUT2D eigenvalue weighted by molar-refractivity contribution is 0.667. The monoisotopic (exact) mass is 590 g/mol. The van der Waals surface area contributed by atoms with Crippen molar-refractivity contribution in [3.8, 4) is 39.4 Å². The van der Waals surface area contributed by atoms with Crippen molar-refractivity contribution in [2.24, 2.45) is 0 Å². The maximum absolute atomic E-state index is 9.96. The zero-order valence-electron chi connectivity index (χ0n) is 24.8. The molecule has 0 radical (unpaired) electrons. The van der Waals surface area contributed by atoms with E-state index in [9.17, 15) is 5.26 Å². The second-order valence-corrected chi connectivity index (χ2v) is 13.7. The summed E-state index contributed by atoms with van der Waals surface area (Å²) in [5.41, 5.74) is 14.8. The molecule has 2 aliphatic carbocycles. The van der Waals surface area contributed by atoms with E-state index in [1.54, 1.807) is 0 Å². The Hall–Kier alpha value is -5.48. The normalized spacial score (nSPS) is 15.2. The Morgan fingerprint density at radius 1 is 0.689 bits per heavy atom. The molecule has 1 atom stereocenters. The third-order valence-electron chi connectivity index (χ3n) is 10.00. The van der Waals surface area contributed by atoms with Gasteiger partial charge < -0.3 is 0 Å². The average Bonchev–Trinajstić information content (AvgIpc) is 3.69. The van der Waals surface area contributed by atoms with Crippen molar-refractivity contribution in [1.82, 2.24) is 0 Å². The van der Waals surface area contributed by atoms with Crippen LogP contribution in [0.15, 0.2) is 115 Å². The largest absolute Gasteiger partial charge is 0.238 e. The van der Waals surface area contributed by atoms with Gasteiger partial charge >= 0.3 is 0 Å². The van der Waals surface area contributed by atoms with E-state index in [0.29, 0.717) is 11.3 Å². The zero-order valence-corrected chi connectivity index (χ0v) is 25.7. The maximum Gasteiger partial charge on any atom is 0.187 e. The van der Waals surface area contributed by atoms with Crippen molar-refractivity contribution in [2.75, 3.05) is 0 Å². The molecule has 7 aromatic rings. The van der Waals surface area contributed by atoms with Crippen molar-refractivity contribution in [3.63, 3.8) is 0 Å². The van der Waals surface area contributed by atoms with E-state index in [1.165, 1.54) is 53.6 Å². The Labute approximate surface area is 266 Å². The molecule has 0 saturated carbocycles. The Kier molecular flexibility index (Phi) is 5.34. The second kappa shape index (κ2) is 9.26. The van der Waals surface area contributed by atoms with Crippen LogP contribution >= 0.6 is 11.3 Å². The molecular weight excluding hydrogens is 565 g/mol. The molecule has 0 bridgehead atoms. The van der Waals surface area contributed by atoms with E-state index in [4.69, 9.17) is 6.57 Å². The molecule has 2 aliphatic rings. The SMILES string of the molecule is [C-]#[N+]c1ccc2c(c1)-c1ccccc1C2c1cc(C#N)ccc1-c1ccc2sc3c4c(ccc3c2c1)-c1ccccc1C4(C)C. The highest BCUT2D eigenvalue weighted by Crippen LogP contribution is 2.55. The van der Waals surface area contributed by atoms with Crippen LogP contribution in [-0.4, -0.2) is 0 Å². The molecule has 45 heavy (non-hydrogen) atoms. The Bertz CT molecular complexity index is 2500. The number of hydrogen-bond donors (Lipinski definition) is 0. The molecule has 0 spiro atoms. The van der Waals surface area contributed by atoms with Crippen LogP contribution in [0.4, 0.5) is 5.69 Å². The lowest BCUT2D eigenvalue weighted by Crippen LogP contribution is -2.14. The molecule has 2 nitrogen and oxygen atoms in total. The molecule has 210 valence electrons. The molecule has 3 heteroatoms. The summed E-state index contributed by atoms with van der Waals surface area (Å²) in [6, 6.07) is 43.4. The summed E-state index contributed by atoms with van der Waals surface area (Å²) >= 11 is 1.90. The van der Waals surface area contributed by atoms with Gasteiger partial charge in [0.25, 0.3) is 0 Å². The summed E-state index contributed by atoms with van der Waals surface area (Å²) in [6.07, 6.45) is 0. The van der Waals surface area contributed by atoms with Crippen LogP contribution in [0.2, 0.25) is 0 Å². The molecule has 1 aromatic heterocycles. The predicted molar refractivity (Wildman–Crippen MR) is 186 cm³/mol. The van der Waals surface area contributed by atoms with Crippen molar-refractivity contribution < 1.29 is 0 Å². The highest BCUT2D eigenvalue weighted by molar-refractivity contribution is 7.26. The zero-order chi connectivity index (χ0) is 30.4. The van der Waals surface area contributed by atoms with Gasteiger partial charge in [-0.2, -0.15) is 5.26 Å². The number of nitrogens with zero attached hydrogens (tertiary/aromatic N) is 2. The predicted octanol–water partition coefficient (Wildman–Crippen LogP) is 11.6. The highest BCUT2D eigenvalue weighted by Gasteiger charge is 2.37. The first-order valence-corrected chi connectivity index (χ1v) is 16.0. The standard InChI is InChI=1S/C42H26N2S/c1-42(2)37-11-7-6-9-29(37)32-17-18-33-35-21-25(13-19-38(35)45-41(33)40(32)42)27-15-12-24(23-43)20-36(27)39-30-10-5-4-8-28(30)34-22-26(44-3)14-16-31(34)39/h4-22,39H,1-2H3. The van der Waals surface area contributed by atoms with Gasteiger partial charge in [0, 0.05) is 31.5 Å². The summed E-state index contributed by atoms with van der Waals surface area (Å²) < 4.78 is 2.66. The molecule has 0 amide bonds. The summed E-state index contributed by atoms with van der Waals surface area (Å²) in [5.74, 6) is -0.0308. The van der Waals surface area contributed by atoms with Gasteiger partial charge in [-0.25, -0.2) is 4.85 Å². The highest BCUT2D eigenvalue weighted by atomic mass is 32.1. The molecule has 0 N–H and O–H groups in total. The fourth-order valence-electron chi connectivity index (χ4n) is 7.98. The van der Waals surface area contributed by atoms with Crippen LogP contribution in [-0.2, 0) is 5.41 Å². The smallest absolute Gasteiger partial charge is 0.187 e.